The number of aryl methyl sites for hydroxylation is 1. The highest BCUT2D eigenvalue weighted by molar-refractivity contribution is 5.95. The van der Waals surface area contributed by atoms with Crippen LogP contribution in [0.2, 0.25) is 0 Å². The Hall–Kier alpha value is -1.29. The number of aromatic nitrogens is 1. The summed E-state index contributed by atoms with van der Waals surface area (Å²) in [5.41, 5.74) is 7.38. The molecule has 4 heteroatoms. The average molecular weight is 221 g/mol. The second kappa shape index (κ2) is 4.29. The van der Waals surface area contributed by atoms with Gasteiger partial charge in [-0.25, -0.2) is 0 Å². The van der Waals surface area contributed by atoms with Gasteiger partial charge in [-0.3, -0.25) is 4.79 Å². The minimum absolute atomic E-state index is 0.127. The van der Waals surface area contributed by atoms with E-state index in [0.29, 0.717) is 18.5 Å². The molecular weight excluding hydrogens is 202 g/mol. The number of hydrogen-bond donors (Lipinski definition) is 2. The van der Waals surface area contributed by atoms with Crippen LogP contribution in [0, 0.1) is 12.8 Å². The minimum Gasteiger partial charge on any atom is -0.365 e. The number of amides is 1. The number of carbonyl (C=O) groups excluding carboxylic acids is 1. The van der Waals surface area contributed by atoms with Crippen LogP contribution in [-0.2, 0) is 0 Å². The Labute approximate surface area is 95.8 Å². The lowest BCUT2D eigenvalue weighted by Crippen LogP contribution is -2.34. The largest absolute Gasteiger partial charge is 0.365 e. The second-order valence-corrected chi connectivity index (χ2v) is 4.66. The van der Waals surface area contributed by atoms with E-state index < -0.39 is 0 Å². The number of nitrogens with one attached hydrogen (secondary N) is 1. The van der Waals surface area contributed by atoms with Gasteiger partial charge in [0.2, 0.25) is 0 Å². The molecule has 0 radical (unpaired) electrons. The lowest BCUT2D eigenvalue weighted by atomic mass is 10.1. The maximum absolute atomic E-state index is 12.3. The molecule has 1 fully saturated rings. The zero-order valence-corrected chi connectivity index (χ0v) is 9.86. The zero-order chi connectivity index (χ0) is 11.7. The molecule has 1 aromatic heterocycles. The number of nitrogens with zero attached hydrogens (tertiary/aromatic N) is 1. The van der Waals surface area contributed by atoms with Crippen LogP contribution in [0.4, 0.5) is 0 Å². The van der Waals surface area contributed by atoms with Gasteiger partial charge in [-0.1, -0.05) is 0 Å². The van der Waals surface area contributed by atoms with Crippen molar-refractivity contribution in [3.8, 4) is 0 Å². The van der Waals surface area contributed by atoms with Crippen LogP contribution < -0.4 is 5.73 Å². The van der Waals surface area contributed by atoms with Crippen molar-refractivity contribution in [3.63, 3.8) is 0 Å². The molecule has 16 heavy (non-hydrogen) atoms. The molecule has 88 valence electrons. The third-order valence-corrected chi connectivity index (χ3v) is 3.44. The molecule has 1 amide bonds. The van der Waals surface area contributed by atoms with Gasteiger partial charge in [-0.15, -0.1) is 0 Å². The maximum Gasteiger partial charge on any atom is 0.255 e. The van der Waals surface area contributed by atoms with E-state index in [9.17, 15) is 4.79 Å². The summed E-state index contributed by atoms with van der Waals surface area (Å²) in [5.74, 6) is 0.584. The Morgan fingerprint density at radius 2 is 2.44 bits per heavy atom. The van der Waals surface area contributed by atoms with Gasteiger partial charge >= 0.3 is 0 Å². The van der Waals surface area contributed by atoms with Crippen molar-refractivity contribution in [2.45, 2.75) is 26.3 Å². The summed E-state index contributed by atoms with van der Waals surface area (Å²) in [6.45, 7) is 5.48. The normalized spacial score (nSPS) is 25.1. The first-order valence-electron chi connectivity index (χ1n) is 5.78. The van der Waals surface area contributed by atoms with Crippen molar-refractivity contribution in [3.05, 3.63) is 23.5 Å². The van der Waals surface area contributed by atoms with E-state index in [1.54, 1.807) is 0 Å². The summed E-state index contributed by atoms with van der Waals surface area (Å²) in [4.78, 5) is 17.2. The standard InChI is InChI=1S/C12H19N3O/c1-8-5-10(6-13)7-15(8)12(16)11-3-4-14-9(11)2/h3-4,8,10,14H,5-7,13H2,1-2H3. The highest BCUT2D eigenvalue weighted by atomic mass is 16.2. The van der Waals surface area contributed by atoms with Crippen molar-refractivity contribution in [1.82, 2.24) is 9.88 Å². The lowest BCUT2D eigenvalue weighted by Gasteiger charge is -2.21. The van der Waals surface area contributed by atoms with Crippen LogP contribution in [0.15, 0.2) is 12.3 Å². The fraction of sp³-hybridized carbons (Fsp3) is 0.583. The number of likely N-dealkylation sites (tertiary alicyclic amines) is 1. The number of rotatable bonds is 2. The van der Waals surface area contributed by atoms with Crippen LogP contribution in [0.25, 0.3) is 0 Å². The Morgan fingerprint density at radius 1 is 1.69 bits per heavy atom. The molecule has 2 heterocycles. The highest BCUT2D eigenvalue weighted by Crippen LogP contribution is 2.24. The summed E-state index contributed by atoms with van der Waals surface area (Å²) >= 11 is 0. The molecule has 0 saturated carbocycles. The van der Waals surface area contributed by atoms with E-state index in [1.165, 1.54) is 0 Å². The predicted molar refractivity (Wildman–Crippen MR) is 63.2 cm³/mol. The lowest BCUT2D eigenvalue weighted by molar-refractivity contribution is 0.0743. The topological polar surface area (TPSA) is 62.1 Å². The average Bonchev–Trinajstić information content (AvgIpc) is 2.83. The molecule has 2 rings (SSSR count). The molecule has 3 N–H and O–H groups in total. The highest BCUT2D eigenvalue weighted by Gasteiger charge is 2.32. The Morgan fingerprint density at radius 3 is 2.94 bits per heavy atom. The van der Waals surface area contributed by atoms with E-state index in [2.05, 4.69) is 11.9 Å². The molecule has 0 aliphatic carbocycles. The molecule has 2 atom stereocenters. The molecule has 1 aliphatic rings. The van der Waals surface area contributed by atoms with Gasteiger partial charge in [0.05, 0.1) is 5.56 Å². The van der Waals surface area contributed by atoms with Crippen molar-refractivity contribution < 1.29 is 4.79 Å². The molecule has 0 spiro atoms. The molecule has 4 nitrogen and oxygen atoms in total. The minimum atomic E-state index is 0.127. The fourth-order valence-corrected chi connectivity index (χ4v) is 2.44. The number of hydrogen-bond acceptors (Lipinski definition) is 2. The van der Waals surface area contributed by atoms with E-state index in [1.807, 2.05) is 24.1 Å². The molecule has 0 bridgehead atoms. The van der Waals surface area contributed by atoms with Crippen molar-refractivity contribution in [1.29, 1.82) is 0 Å². The summed E-state index contributed by atoms with van der Waals surface area (Å²) in [6, 6.07) is 2.15. The summed E-state index contributed by atoms with van der Waals surface area (Å²) in [7, 11) is 0. The SMILES string of the molecule is Cc1[nH]ccc1C(=O)N1CC(CN)CC1C. The Bertz CT molecular complexity index is 385. The van der Waals surface area contributed by atoms with Crippen LogP contribution in [0.1, 0.15) is 29.4 Å². The smallest absolute Gasteiger partial charge is 0.255 e. The van der Waals surface area contributed by atoms with E-state index in [-0.39, 0.29) is 5.91 Å². The molecular formula is C12H19N3O. The first kappa shape index (κ1) is 11.2. The summed E-state index contributed by atoms with van der Waals surface area (Å²) in [6.07, 6.45) is 2.83. The third-order valence-electron chi connectivity index (χ3n) is 3.44. The van der Waals surface area contributed by atoms with Crippen molar-refractivity contribution in [2.75, 3.05) is 13.1 Å². The van der Waals surface area contributed by atoms with Crippen LogP contribution in [-0.4, -0.2) is 34.9 Å². The third kappa shape index (κ3) is 1.85. The van der Waals surface area contributed by atoms with E-state index in [4.69, 9.17) is 5.73 Å². The molecule has 2 unspecified atom stereocenters. The Kier molecular flexibility index (Phi) is 3.01. The van der Waals surface area contributed by atoms with Gasteiger partial charge in [0.15, 0.2) is 0 Å². The van der Waals surface area contributed by atoms with Gasteiger partial charge in [0, 0.05) is 24.5 Å². The molecule has 1 aliphatic heterocycles. The van der Waals surface area contributed by atoms with E-state index >= 15 is 0 Å². The first-order valence-corrected chi connectivity index (χ1v) is 5.78. The van der Waals surface area contributed by atoms with Gasteiger partial charge in [-0.05, 0) is 38.8 Å². The number of aromatic amines is 1. The van der Waals surface area contributed by atoms with Crippen LogP contribution in [0.5, 0.6) is 0 Å². The molecule has 1 saturated heterocycles. The number of H-pyrrole nitrogens is 1. The first-order chi connectivity index (χ1) is 7.63. The van der Waals surface area contributed by atoms with Crippen molar-refractivity contribution >= 4 is 5.91 Å². The summed E-state index contributed by atoms with van der Waals surface area (Å²) < 4.78 is 0. The van der Waals surface area contributed by atoms with Gasteiger partial charge in [0.1, 0.15) is 0 Å². The van der Waals surface area contributed by atoms with Crippen LogP contribution in [0.3, 0.4) is 0 Å². The maximum atomic E-state index is 12.3. The zero-order valence-electron chi connectivity index (χ0n) is 9.86. The van der Waals surface area contributed by atoms with Gasteiger partial charge in [-0.2, -0.15) is 0 Å². The van der Waals surface area contributed by atoms with Crippen LogP contribution >= 0.6 is 0 Å². The quantitative estimate of drug-likeness (QED) is 0.786. The Balaban J connectivity index is 2.14. The monoisotopic (exact) mass is 221 g/mol. The van der Waals surface area contributed by atoms with Crippen molar-refractivity contribution in [2.24, 2.45) is 11.7 Å². The number of carbonyl (C=O) groups is 1. The number of nitrogens with two attached hydrogens (primary N) is 1. The van der Waals surface area contributed by atoms with Gasteiger partial charge in [0.25, 0.3) is 5.91 Å². The second-order valence-electron chi connectivity index (χ2n) is 4.66. The van der Waals surface area contributed by atoms with Gasteiger partial charge < -0.3 is 15.6 Å². The van der Waals surface area contributed by atoms with E-state index in [0.717, 1.165) is 24.2 Å². The molecule has 1 aromatic rings. The fourth-order valence-electron chi connectivity index (χ4n) is 2.44. The predicted octanol–water partition coefficient (Wildman–Crippen LogP) is 1.13. The molecule has 0 aromatic carbocycles. The summed E-state index contributed by atoms with van der Waals surface area (Å²) in [5, 5.41) is 0.